The second-order valence-electron chi connectivity index (χ2n) is 4.91. The zero-order chi connectivity index (χ0) is 13.5. The number of hydrogen-bond acceptors (Lipinski definition) is 2. The van der Waals surface area contributed by atoms with E-state index in [0.29, 0.717) is 6.42 Å². The monoisotopic (exact) mass is 244 g/mol. The molecule has 0 fully saturated rings. The first-order valence-electron chi connectivity index (χ1n) is 6.11. The SMILES string of the molecule is CCCC(C)(C)NC(=O)NCC(CC)C(=O)O. The van der Waals surface area contributed by atoms with Gasteiger partial charge in [-0.05, 0) is 26.7 Å². The standard InChI is InChI=1S/C12H24N2O3/c1-5-7-12(3,4)14-11(17)13-8-9(6-2)10(15)16/h9H,5-8H2,1-4H3,(H,15,16)(H2,13,14,17). The molecule has 0 rings (SSSR count). The summed E-state index contributed by atoms with van der Waals surface area (Å²) in [7, 11) is 0. The van der Waals surface area contributed by atoms with Crippen molar-refractivity contribution in [2.75, 3.05) is 6.54 Å². The molecule has 0 saturated heterocycles. The van der Waals surface area contributed by atoms with Crippen molar-refractivity contribution in [3.05, 3.63) is 0 Å². The highest BCUT2D eigenvalue weighted by Gasteiger charge is 2.20. The highest BCUT2D eigenvalue weighted by molar-refractivity contribution is 5.76. The normalized spacial score (nSPS) is 12.9. The molecule has 0 heterocycles. The minimum Gasteiger partial charge on any atom is -0.481 e. The van der Waals surface area contributed by atoms with Crippen molar-refractivity contribution in [1.29, 1.82) is 0 Å². The lowest BCUT2D eigenvalue weighted by molar-refractivity contribution is -0.141. The van der Waals surface area contributed by atoms with Gasteiger partial charge in [0.15, 0.2) is 0 Å². The molecule has 5 nitrogen and oxygen atoms in total. The first kappa shape index (κ1) is 15.7. The molecular formula is C12H24N2O3. The largest absolute Gasteiger partial charge is 0.481 e. The molecule has 1 atom stereocenters. The molecule has 1 unspecified atom stereocenters. The van der Waals surface area contributed by atoms with Crippen LogP contribution < -0.4 is 10.6 Å². The summed E-state index contributed by atoms with van der Waals surface area (Å²) in [6, 6.07) is -0.303. The summed E-state index contributed by atoms with van der Waals surface area (Å²) < 4.78 is 0. The molecule has 0 aromatic carbocycles. The molecule has 0 spiro atoms. The smallest absolute Gasteiger partial charge is 0.315 e. The van der Waals surface area contributed by atoms with Crippen molar-refractivity contribution in [2.24, 2.45) is 5.92 Å². The fourth-order valence-electron chi connectivity index (χ4n) is 1.66. The zero-order valence-electron chi connectivity index (χ0n) is 11.2. The maximum absolute atomic E-state index is 11.6. The van der Waals surface area contributed by atoms with Gasteiger partial charge in [-0.25, -0.2) is 4.79 Å². The quantitative estimate of drug-likeness (QED) is 0.640. The van der Waals surface area contributed by atoms with Crippen molar-refractivity contribution in [2.45, 2.75) is 52.5 Å². The average molecular weight is 244 g/mol. The predicted molar refractivity (Wildman–Crippen MR) is 66.9 cm³/mol. The lowest BCUT2D eigenvalue weighted by atomic mass is 9.99. The minimum absolute atomic E-state index is 0.167. The summed E-state index contributed by atoms with van der Waals surface area (Å²) >= 11 is 0. The van der Waals surface area contributed by atoms with Gasteiger partial charge < -0.3 is 15.7 Å². The number of carboxylic acid groups (broad SMARTS) is 1. The fourth-order valence-corrected chi connectivity index (χ4v) is 1.66. The predicted octanol–water partition coefficient (Wildman–Crippen LogP) is 1.98. The van der Waals surface area contributed by atoms with E-state index in [-0.39, 0.29) is 18.1 Å². The molecule has 0 aromatic heterocycles. The van der Waals surface area contributed by atoms with E-state index < -0.39 is 11.9 Å². The second-order valence-corrected chi connectivity index (χ2v) is 4.91. The van der Waals surface area contributed by atoms with Crippen LogP contribution in [0, 0.1) is 5.92 Å². The van der Waals surface area contributed by atoms with E-state index in [1.54, 1.807) is 6.92 Å². The summed E-state index contributed by atoms with van der Waals surface area (Å²) in [6.07, 6.45) is 2.38. The number of urea groups is 1. The lowest BCUT2D eigenvalue weighted by Crippen LogP contribution is -2.49. The van der Waals surface area contributed by atoms with Crippen molar-refractivity contribution >= 4 is 12.0 Å². The van der Waals surface area contributed by atoms with Gasteiger partial charge in [-0.3, -0.25) is 4.79 Å². The van der Waals surface area contributed by atoms with Crippen molar-refractivity contribution in [3.8, 4) is 0 Å². The molecule has 17 heavy (non-hydrogen) atoms. The van der Waals surface area contributed by atoms with Gasteiger partial charge in [0.05, 0.1) is 5.92 Å². The molecule has 0 aliphatic heterocycles. The first-order valence-corrected chi connectivity index (χ1v) is 6.11. The molecule has 3 N–H and O–H groups in total. The third-order valence-corrected chi connectivity index (χ3v) is 2.68. The van der Waals surface area contributed by atoms with Crippen LogP contribution >= 0.6 is 0 Å². The van der Waals surface area contributed by atoms with Crippen LogP contribution in [0.4, 0.5) is 4.79 Å². The number of carboxylic acids is 1. The Bertz CT molecular complexity index is 264. The Labute approximate surface area is 103 Å². The summed E-state index contributed by atoms with van der Waals surface area (Å²) in [5.74, 6) is -1.39. The third kappa shape index (κ3) is 6.81. The van der Waals surface area contributed by atoms with Crippen molar-refractivity contribution < 1.29 is 14.7 Å². The zero-order valence-corrected chi connectivity index (χ0v) is 11.2. The van der Waals surface area contributed by atoms with Crippen LogP contribution in [-0.4, -0.2) is 29.2 Å². The summed E-state index contributed by atoms with van der Waals surface area (Å²) in [5.41, 5.74) is -0.260. The Hall–Kier alpha value is -1.26. The van der Waals surface area contributed by atoms with Gasteiger partial charge in [-0.2, -0.15) is 0 Å². The number of amides is 2. The highest BCUT2D eigenvalue weighted by Crippen LogP contribution is 2.10. The van der Waals surface area contributed by atoms with E-state index in [4.69, 9.17) is 5.11 Å². The van der Waals surface area contributed by atoms with E-state index in [1.165, 1.54) is 0 Å². The van der Waals surface area contributed by atoms with Gasteiger partial charge in [0.25, 0.3) is 0 Å². The van der Waals surface area contributed by atoms with Gasteiger partial charge in [-0.15, -0.1) is 0 Å². The van der Waals surface area contributed by atoms with E-state index >= 15 is 0 Å². The van der Waals surface area contributed by atoms with Gasteiger partial charge >= 0.3 is 12.0 Å². The molecule has 5 heteroatoms. The Morgan fingerprint density at radius 1 is 1.29 bits per heavy atom. The van der Waals surface area contributed by atoms with Crippen LogP contribution in [0.15, 0.2) is 0 Å². The molecule has 2 amide bonds. The second kappa shape index (κ2) is 7.14. The van der Waals surface area contributed by atoms with E-state index in [0.717, 1.165) is 12.8 Å². The van der Waals surface area contributed by atoms with E-state index in [2.05, 4.69) is 17.6 Å². The number of nitrogens with one attached hydrogen (secondary N) is 2. The number of carbonyl (C=O) groups excluding carboxylic acids is 1. The molecule has 0 aliphatic rings. The van der Waals surface area contributed by atoms with E-state index in [9.17, 15) is 9.59 Å². The molecular weight excluding hydrogens is 220 g/mol. The molecule has 0 saturated carbocycles. The Kier molecular flexibility index (Phi) is 6.61. The molecule has 0 bridgehead atoms. The molecule has 0 aliphatic carbocycles. The third-order valence-electron chi connectivity index (χ3n) is 2.68. The van der Waals surface area contributed by atoms with Gasteiger partial charge in [-0.1, -0.05) is 20.3 Å². The van der Waals surface area contributed by atoms with E-state index in [1.807, 2.05) is 13.8 Å². The lowest BCUT2D eigenvalue weighted by Gasteiger charge is -2.26. The summed E-state index contributed by atoms with van der Waals surface area (Å²) in [4.78, 5) is 22.3. The number of carbonyl (C=O) groups is 2. The molecule has 100 valence electrons. The Balaban J connectivity index is 4.06. The maximum Gasteiger partial charge on any atom is 0.315 e. The molecule has 0 aromatic rings. The van der Waals surface area contributed by atoms with Crippen LogP contribution in [-0.2, 0) is 4.79 Å². The highest BCUT2D eigenvalue weighted by atomic mass is 16.4. The van der Waals surface area contributed by atoms with Crippen LogP contribution in [0.1, 0.15) is 47.0 Å². The Morgan fingerprint density at radius 2 is 1.88 bits per heavy atom. The topological polar surface area (TPSA) is 78.4 Å². The van der Waals surface area contributed by atoms with Crippen LogP contribution in [0.2, 0.25) is 0 Å². The first-order chi connectivity index (χ1) is 7.82. The average Bonchev–Trinajstić information content (AvgIpc) is 2.16. The van der Waals surface area contributed by atoms with Crippen molar-refractivity contribution in [3.63, 3.8) is 0 Å². The van der Waals surface area contributed by atoms with Crippen LogP contribution in [0.25, 0.3) is 0 Å². The maximum atomic E-state index is 11.6. The van der Waals surface area contributed by atoms with Crippen molar-refractivity contribution in [1.82, 2.24) is 10.6 Å². The summed E-state index contributed by atoms with van der Waals surface area (Å²) in [5, 5.41) is 14.3. The number of aliphatic carboxylic acids is 1. The summed E-state index contributed by atoms with van der Waals surface area (Å²) in [6.45, 7) is 7.91. The van der Waals surface area contributed by atoms with Gasteiger partial charge in [0.2, 0.25) is 0 Å². The van der Waals surface area contributed by atoms with Gasteiger partial charge in [0.1, 0.15) is 0 Å². The number of hydrogen-bond donors (Lipinski definition) is 3. The van der Waals surface area contributed by atoms with Crippen LogP contribution in [0.5, 0.6) is 0 Å². The van der Waals surface area contributed by atoms with Crippen LogP contribution in [0.3, 0.4) is 0 Å². The Morgan fingerprint density at radius 3 is 2.29 bits per heavy atom. The molecule has 0 radical (unpaired) electrons. The fraction of sp³-hybridized carbons (Fsp3) is 0.833. The minimum atomic E-state index is -0.874. The number of rotatable bonds is 7. The van der Waals surface area contributed by atoms with Gasteiger partial charge in [0, 0.05) is 12.1 Å².